The molecule has 0 heterocycles. The zero-order chi connectivity index (χ0) is 19.3. The van der Waals surface area contributed by atoms with Crippen molar-refractivity contribution in [3.8, 4) is 5.75 Å². The summed E-state index contributed by atoms with van der Waals surface area (Å²) in [5.74, 6) is 0.213. The lowest BCUT2D eigenvalue weighted by Crippen LogP contribution is -2.09. The molecule has 1 unspecified atom stereocenters. The van der Waals surface area contributed by atoms with Crippen molar-refractivity contribution in [3.05, 3.63) is 29.8 Å². The first-order valence-electron chi connectivity index (χ1n) is 10.2. The monoisotopic (exact) mass is 384 g/mol. The van der Waals surface area contributed by atoms with Gasteiger partial charge in [0.2, 0.25) is 0 Å². The van der Waals surface area contributed by atoms with Crippen molar-refractivity contribution in [2.24, 2.45) is 0 Å². The molecule has 1 aromatic carbocycles. The number of hydrogen-bond donors (Lipinski definition) is 1. The van der Waals surface area contributed by atoms with Crippen molar-refractivity contribution in [2.75, 3.05) is 13.2 Å². The molecular weight excluding hydrogens is 347 g/mol. The van der Waals surface area contributed by atoms with Crippen LogP contribution in [0.3, 0.4) is 0 Å². The molecule has 1 aromatic rings. The van der Waals surface area contributed by atoms with Crippen molar-refractivity contribution >= 4 is 7.60 Å². The van der Waals surface area contributed by atoms with Gasteiger partial charge in [-0.2, -0.15) is 0 Å². The molecule has 0 aliphatic carbocycles. The third-order valence-corrected chi connectivity index (χ3v) is 6.93. The number of aromatic hydroxyl groups is 1. The van der Waals surface area contributed by atoms with Crippen LogP contribution < -0.4 is 0 Å². The van der Waals surface area contributed by atoms with Gasteiger partial charge in [0.05, 0.1) is 18.9 Å². The number of unbranched alkanes of at least 4 members (excludes halogenated alkanes) is 5. The van der Waals surface area contributed by atoms with Gasteiger partial charge in [-0.15, -0.1) is 0 Å². The van der Waals surface area contributed by atoms with E-state index in [1.165, 1.54) is 0 Å². The van der Waals surface area contributed by atoms with Gasteiger partial charge in [0.15, 0.2) is 0 Å². The van der Waals surface area contributed by atoms with Crippen molar-refractivity contribution in [2.45, 2.75) is 84.2 Å². The van der Waals surface area contributed by atoms with Crippen LogP contribution in [-0.2, 0) is 13.6 Å². The Kier molecular flexibility index (Phi) is 11.9. The molecule has 0 spiro atoms. The first kappa shape index (κ1) is 23.2. The molecule has 26 heavy (non-hydrogen) atoms. The van der Waals surface area contributed by atoms with Gasteiger partial charge in [-0.3, -0.25) is 4.57 Å². The van der Waals surface area contributed by atoms with E-state index in [1.54, 1.807) is 12.1 Å². The second-order valence-corrected chi connectivity index (χ2v) is 9.09. The molecule has 0 fully saturated rings. The summed E-state index contributed by atoms with van der Waals surface area (Å²) in [6.07, 6.45) is 8.88. The average Bonchev–Trinajstić information content (AvgIpc) is 2.64. The molecule has 0 radical (unpaired) electrons. The fraction of sp³-hybridized carbons (Fsp3) is 0.714. The van der Waals surface area contributed by atoms with E-state index in [1.807, 2.05) is 12.1 Å². The van der Waals surface area contributed by atoms with E-state index in [4.69, 9.17) is 9.05 Å². The van der Waals surface area contributed by atoms with E-state index < -0.39 is 7.60 Å². The summed E-state index contributed by atoms with van der Waals surface area (Å²) >= 11 is 0. The summed E-state index contributed by atoms with van der Waals surface area (Å²) in [6, 6.07) is 6.97. The summed E-state index contributed by atoms with van der Waals surface area (Å²) < 4.78 is 25.6. The Morgan fingerprint density at radius 1 is 0.846 bits per heavy atom. The van der Waals surface area contributed by atoms with Gasteiger partial charge in [-0.25, -0.2) is 0 Å². The average molecular weight is 384 g/mol. The van der Waals surface area contributed by atoms with Crippen molar-refractivity contribution in [3.63, 3.8) is 0 Å². The molecule has 0 aromatic heterocycles. The number of hydrogen-bond acceptors (Lipinski definition) is 4. The summed E-state index contributed by atoms with van der Waals surface area (Å²) in [7, 11) is -3.26. The SMILES string of the molecule is CCCCCOP(=O)(OCCCCC)C(CCCC)c1ccc(O)cc1. The smallest absolute Gasteiger partial charge is 0.338 e. The molecule has 0 bridgehead atoms. The molecular formula is C21H37O4P. The lowest BCUT2D eigenvalue weighted by molar-refractivity contribution is 0.189. The van der Waals surface area contributed by atoms with Gasteiger partial charge < -0.3 is 14.2 Å². The van der Waals surface area contributed by atoms with Crippen LogP contribution in [0, 0.1) is 0 Å². The van der Waals surface area contributed by atoms with Gasteiger partial charge >= 0.3 is 7.60 Å². The maximum Gasteiger partial charge on any atom is 0.338 e. The van der Waals surface area contributed by atoms with Crippen LogP contribution in [0.2, 0.25) is 0 Å². The quantitative estimate of drug-likeness (QED) is 0.256. The summed E-state index contributed by atoms with van der Waals surface area (Å²) in [5, 5.41) is 9.59. The maximum absolute atomic E-state index is 13.7. The Labute approximate surface area is 159 Å². The lowest BCUT2D eigenvalue weighted by atomic mass is 10.1. The third kappa shape index (κ3) is 8.24. The van der Waals surface area contributed by atoms with Gasteiger partial charge in [0.1, 0.15) is 5.75 Å². The van der Waals surface area contributed by atoms with E-state index in [2.05, 4.69) is 20.8 Å². The van der Waals surface area contributed by atoms with Crippen LogP contribution in [0.15, 0.2) is 24.3 Å². The van der Waals surface area contributed by atoms with E-state index in [0.717, 1.165) is 63.4 Å². The summed E-state index contributed by atoms with van der Waals surface area (Å²) in [5.41, 5.74) is 0.650. The second kappa shape index (κ2) is 13.4. The van der Waals surface area contributed by atoms with Crippen molar-refractivity contribution < 1.29 is 18.7 Å². The molecule has 4 nitrogen and oxygen atoms in total. The molecule has 5 heteroatoms. The van der Waals surface area contributed by atoms with Crippen molar-refractivity contribution in [1.82, 2.24) is 0 Å². The zero-order valence-corrected chi connectivity index (χ0v) is 17.7. The van der Waals surface area contributed by atoms with E-state index in [0.29, 0.717) is 13.2 Å². The van der Waals surface area contributed by atoms with Gasteiger partial charge in [-0.1, -0.05) is 71.4 Å². The Hall–Kier alpha value is -0.830. The van der Waals surface area contributed by atoms with Gasteiger partial charge in [0, 0.05) is 0 Å². The fourth-order valence-corrected chi connectivity index (χ4v) is 5.14. The molecule has 0 aliphatic heterocycles. The van der Waals surface area contributed by atoms with Crippen LogP contribution in [0.1, 0.15) is 89.8 Å². The zero-order valence-electron chi connectivity index (χ0n) is 16.8. The summed E-state index contributed by atoms with van der Waals surface area (Å²) in [4.78, 5) is 0. The highest BCUT2D eigenvalue weighted by Gasteiger charge is 2.36. The first-order valence-corrected chi connectivity index (χ1v) is 11.9. The normalized spacial score (nSPS) is 13.0. The minimum absolute atomic E-state index is 0.213. The molecule has 0 saturated carbocycles. The highest BCUT2D eigenvalue weighted by atomic mass is 31.2. The summed E-state index contributed by atoms with van der Waals surface area (Å²) in [6.45, 7) is 7.35. The van der Waals surface area contributed by atoms with E-state index in [-0.39, 0.29) is 11.4 Å². The van der Waals surface area contributed by atoms with Crippen molar-refractivity contribution in [1.29, 1.82) is 0 Å². The standard InChI is InChI=1S/C21H37O4P/c1-4-7-10-17-24-26(23,25-18-11-8-5-2)21(12-9-6-3)19-13-15-20(22)16-14-19/h13-16,21-22H,4-12,17-18H2,1-3H3. The largest absolute Gasteiger partial charge is 0.508 e. The third-order valence-electron chi connectivity index (χ3n) is 4.53. The molecule has 0 saturated heterocycles. The van der Waals surface area contributed by atoms with Gasteiger partial charge in [-0.05, 0) is 37.0 Å². The Morgan fingerprint density at radius 3 is 1.81 bits per heavy atom. The molecule has 150 valence electrons. The van der Waals surface area contributed by atoms with Crippen LogP contribution in [0.4, 0.5) is 0 Å². The van der Waals surface area contributed by atoms with E-state index in [9.17, 15) is 9.67 Å². The molecule has 1 atom stereocenters. The minimum Gasteiger partial charge on any atom is -0.508 e. The second-order valence-electron chi connectivity index (χ2n) is 6.87. The lowest BCUT2D eigenvalue weighted by Gasteiger charge is -2.27. The van der Waals surface area contributed by atoms with Crippen LogP contribution in [-0.4, -0.2) is 18.3 Å². The molecule has 0 amide bonds. The Balaban J connectivity index is 2.96. The predicted molar refractivity (Wildman–Crippen MR) is 109 cm³/mol. The number of phenolic OH excluding ortho intramolecular Hbond substituents is 1. The maximum atomic E-state index is 13.7. The minimum atomic E-state index is -3.26. The number of benzene rings is 1. The van der Waals surface area contributed by atoms with E-state index >= 15 is 0 Å². The first-order chi connectivity index (χ1) is 12.6. The van der Waals surface area contributed by atoms with Crippen LogP contribution in [0.5, 0.6) is 5.75 Å². The Morgan fingerprint density at radius 2 is 1.35 bits per heavy atom. The fourth-order valence-electron chi connectivity index (χ4n) is 2.91. The predicted octanol–water partition coefficient (Wildman–Crippen LogP) is 7.23. The van der Waals surface area contributed by atoms with Crippen LogP contribution in [0.25, 0.3) is 0 Å². The Bertz CT molecular complexity index is 499. The van der Waals surface area contributed by atoms with Crippen LogP contribution >= 0.6 is 7.60 Å². The van der Waals surface area contributed by atoms with Gasteiger partial charge in [0.25, 0.3) is 0 Å². The topological polar surface area (TPSA) is 55.8 Å². The number of phenols is 1. The molecule has 0 aliphatic rings. The highest BCUT2D eigenvalue weighted by molar-refractivity contribution is 7.54. The molecule has 1 N–H and O–H groups in total. The molecule has 1 rings (SSSR count). The number of rotatable bonds is 15. The highest BCUT2D eigenvalue weighted by Crippen LogP contribution is 2.63.